The fraction of sp³-hybridized carbons (Fsp3) is 0.450. The van der Waals surface area contributed by atoms with E-state index in [9.17, 15) is 14.4 Å². The van der Waals surface area contributed by atoms with Crippen molar-refractivity contribution >= 4 is 17.7 Å². The van der Waals surface area contributed by atoms with Gasteiger partial charge in [0.15, 0.2) is 11.5 Å². The number of esters is 1. The molecule has 0 fully saturated rings. The number of nitrogens with zero attached hydrogens (tertiary/aromatic N) is 2. The van der Waals surface area contributed by atoms with Gasteiger partial charge >= 0.3 is 5.97 Å². The second-order valence-electron chi connectivity index (χ2n) is 6.33. The molecule has 1 unspecified atom stereocenters. The summed E-state index contributed by atoms with van der Waals surface area (Å²) in [5, 5.41) is 0. The second-order valence-corrected chi connectivity index (χ2v) is 6.33. The Labute approximate surface area is 158 Å². The van der Waals surface area contributed by atoms with E-state index >= 15 is 0 Å². The number of aromatic nitrogens is 1. The van der Waals surface area contributed by atoms with E-state index in [2.05, 4.69) is 0 Å². The van der Waals surface area contributed by atoms with Crippen molar-refractivity contribution in [1.82, 2.24) is 9.47 Å². The van der Waals surface area contributed by atoms with Gasteiger partial charge in [-0.3, -0.25) is 9.59 Å². The maximum atomic E-state index is 13.2. The minimum atomic E-state index is -0.720. The lowest BCUT2D eigenvalue weighted by Crippen LogP contribution is -2.40. The minimum absolute atomic E-state index is 0.170. The summed E-state index contributed by atoms with van der Waals surface area (Å²) in [6, 6.07) is 2.45. The Hall–Kier alpha value is -2.83. The zero-order valence-corrected chi connectivity index (χ0v) is 16.7. The number of likely N-dealkylation sites (N-methyl/N-ethyl adjacent to an activating group) is 1. The Bertz CT molecular complexity index is 848. The Balaban J connectivity index is 2.40. The van der Waals surface area contributed by atoms with Crippen molar-refractivity contribution in [1.29, 1.82) is 0 Å². The van der Waals surface area contributed by atoms with Crippen LogP contribution in [0.4, 0.5) is 0 Å². The quantitative estimate of drug-likeness (QED) is 0.549. The van der Waals surface area contributed by atoms with Gasteiger partial charge in [0.2, 0.25) is 0 Å². The number of carbonyl (C=O) groups is 3. The zero-order valence-electron chi connectivity index (χ0n) is 16.7. The number of furan rings is 1. The zero-order chi connectivity index (χ0) is 20.3. The van der Waals surface area contributed by atoms with Crippen LogP contribution >= 0.6 is 0 Å². The van der Waals surface area contributed by atoms with Crippen molar-refractivity contribution in [3.63, 3.8) is 0 Å². The van der Waals surface area contributed by atoms with Gasteiger partial charge in [-0.15, -0.1) is 0 Å². The van der Waals surface area contributed by atoms with E-state index < -0.39 is 12.0 Å². The van der Waals surface area contributed by atoms with Crippen LogP contribution in [0.5, 0.6) is 0 Å². The Morgan fingerprint density at radius 1 is 1.26 bits per heavy atom. The summed E-state index contributed by atoms with van der Waals surface area (Å²) in [6.45, 7) is 9.63. The summed E-state index contributed by atoms with van der Waals surface area (Å²) >= 11 is 0. The molecule has 146 valence electrons. The molecule has 2 aromatic rings. The molecule has 7 heteroatoms. The fourth-order valence-corrected chi connectivity index (χ4v) is 3.25. The SMILES string of the molecule is CCOC(=O)c1c(C)c(C(=O)C(C)N(C)C(=O)c2ccco2)c(C)n1CC. The van der Waals surface area contributed by atoms with Crippen molar-refractivity contribution in [3.05, 3.63) is 46.7 Å². The normalized spacial score (nSPS) is 11.9. The van der Waals surface area contributed by atoms with Crippen LogP contribution in [-0.4, -0.2) is 46.8 Å². The minimum Gasteiger partial charge on any atom is -0.461 e. The lowest BCUT2D eigenvalue weighted by atomic mass is 10.00. The van der Waals surface area contributed by atoms with Crippen LogP contribution in [-0.2, 0) is 11.3 Å². The highest BCUT2D eigenvalue weighted by Gasteiger charge is 2.32. The van der Waals surface area contributed by atoms with E-state index in [1.54, 1.807) is 51.4 Å². The summed E-state index contributed by atoms with van der Waals surface area (Å²) in [4.78, 5) is 39.4. The van der Waals surface area contributed by atoms with Gasteiger partial charge in [-0.2, -0.15) is 0 Å². The molecule has 0 radical (unpaired) electrons. The van der Waals surface area contributed by atoms with Gasteiger partial charge in [-0.25, -0.2) is 4.79 Å². The summed E-state index contributed by atoms with van der Waals surface area (Å²) in [5.74, 6) is -0.891. The highest BCUT2D eigenvalue weighted by molar-refractivity contribution is 6.07. The number of rotatable bonds is 7. The summed E-state index contributed by atoms with van der Waals surface area (Å²) in [5.41, 5.74) is 2.09. The third-order valence-corrected chi connectivity index (χ3v) is 4.81. The largest absolute Gasteiger partial charge is 0.461 e. The fourth-order valence-electron chi connectivity index (χ4n) is 3.25. The molecule has 0 aliphatic rings. The first-order valence-corrected chi connectivity index (χ1v) is 8.97. The predicted molar refractivity (Wildman–Crippen MR) is 100 cm³/mol. The van der Waals surface area contributed by atoms with Crippen molar-refractivity contribution in [2.24, 2.45) is 0 Å². The van der Waals surface area contributed by atoms with Crippen molar-refractivity contribution in [3.8, 4) is 0 Å². The number of amides is 1. The first kappa shape index (κ1) is 20.5. The average Bonchev–Trinajstić information content (AvgIpc) is 3.25. The van der Waals surface area contributed by atoms with Gasteiger partial charge in [0.1, 0.15) is 5.69 Å². The molecule has 0 aliphatic carbocycles. The molecule has 2 aromatic heterocycles. The first-order valence-electron chi connectivity index (χ1n) is 8.97. The predicted octanol–water partition coefficient (Wildman–Crippen LogP) is 3.24. The number of carbonyl (C=O) groups excluding carboxylic acids is 3. The van der Waals surface area contributed by atoms with Crippen LogP contribution in [0.2, 0.25) is 0 Å². The average molecular weight is 374 g/mol. The molecule has 0 N–H and O–H groups in total. The number of Topliss-reactive ketones (excluding diaryl/α,β-unsaturated/α-hetero) is 1. The van der Waals surface area contributed by atoms with Crippen molar-refractivity contribution in [2.75, 3.05) is 13.7 Å². The molecular weight excluding hydrogens is 348 g/mol. The lowest BCUT2D eigenvalue weighted by Gasteiger charge is -2.23. The standard InChI is InChI=1S/C20H26N2O5/c1-7-22-13(4)16(12(3)17(22)20(25)26-8-2)18(23)14(5)21(6)19(24)15-10-9-11-27-15/h9-11,14H,7-8H2,1-6H3. The molecule has 0 aliphatic heterocycles. The van der Waals surface area contributed by atoms with E-state index in [1.807, 2.05) is 6.92 Å². The van der Waals surface area contributed by atoms with E-state index in [1.165, 1.54) is 11.2 Å². The molecule has 2 heterocycles. The van der Waals surface area contributed by atoms with Crippen LogP contribution in [0.15, 0.2) is 22.8 Å². The molecule has 7 nitrogen and oxygen atoms in total. The van der Waals surface area contributed by atoms with Crippen LogP contribution in [0.1, 0.15) is 63.4 Å². The van der Waals surface area contributed by atoms with Gasteiger partial charge < -0.3 is 18.6 Å². The van der Waals surface area contributed by atoms with Gasteiger partial charge in [0, 0.05) is 24.8 Å². The lowest BCUT2D eigenvalue weighted by molar-refractivity contribution is 0.0512. The topological polar surface area (TPSA) is 81.8 Å². The molecule has 27 heavy (non-hydrogen) atoms. The van der Waals surface area contributed by atoms with Crippen LogP contribution in [0.3, 0.4) is 0 Å². The van der Waals surface area contributed by atoms with Gasteiger partial charge in [-0.05, 0) is 52.3 Å². The van der Waals surface area contributed by atoms with Crippen molar-refractivity contribution < 1.29 is 23.5 Å². The second kappa shape index (κ2) is 8.24. The third kappa shape index (κ3) is 3.67. The maximum absolute atomic E-state index is 13.2. The van der Waals surface area contributed by atoms with Gasteiger partial charge in [0.25, 0.3) is 5.91 Å². The van der Waals surface area contributed by atoms with Crippen LogP contribution < -0.4 is 0 Å². The molecule has 0 saturated heterocycles. The maximum Gasteiger partial charge on any atom is 0.355 e. The third-order valence-electron chi connectivity index (χ3n) is 4.81. The molecule has 0 spiro atoms. The Morgan fingerprint density at radius 3 is 2.44 bits per heavy atom. The van der Waals surface area contributed by atoms with Gasteiger partial charge in [-0.1, -0.05) is 0 Å². The first-order chi connectivity index (χ1) is 12.8. The molecule has 0 bridgehead atoms. The molecule has 1 atom stereocenters. The van der Waals surface area contributed by atoms with Crippen LogP contribution in [0.25, 0.3) is 0 Å². The van der Waals surface area contributed by atoms with E-state index in [-0.39, 0.29) is 24.1 Å². The van der Waals surface area contributed by atoms with E-state index in [0.29, 0.717) is 29.1 Å². The summed E-state index contributed by atoms with van der Waals surface area (Å²) in [7, 11) is 1.56. The molecule has 1 amide bonds. The summed E-state index contributed by atoms with van der Waals surface area (Å²) in [6.07, 6.45) is 1.41. The molecular formula is C20H26N2O5. The van der Waals surface area contributed by atoms with E-state index in [0.717, 1.165) is 0 Å². The number of ether oxygens (including phenoxy) is 1. The highest BCUT2D eigenvalue weighted by Crippen LogP contribution is 2.26. The van der Waals surface area contributed by atoms with Gasteiger partial charge in [0.05, 0.1) is 18.9 Å². The number of hydrogen-bond donors (Lipinski definition) is 0. The smallest absolute Gasteiger partial charge is 0.355 e. The number of ketones is 1. The monoisotopic (exact) mass is 374 g/mol. The summed E-state index contributed by atoms with van der Waals surface area (Å²) < 4.78 is 12.1. The van der Waals surface area contributed by atoms with Crippen molar-refractivity contribution in [2.45, 2.75) is 47.2 Å². The number of hydrogen-bond acceptors (Lipinski definition) is 5. The molecule has 2 rings (SSSR count). The van der Waals surface area contributed by atoms with Crippen LogP contribution in [0, 0.1) is 13.8 Å². The highest BCUT2D eigenvalue weighted by atomic mass is 16.5. The molecule has 0 saturated carbocycles. The van der Waals surface area contributed by atoms with E-state index in [4.69, 9.17) is 9.15 Å². The Kier molecular flexibility index (Phi) is 6.25. The Morgan fingerprint density at radius 2 is 1.93 bits per heavy atom. The molecule has 0 aromatic carbocycles.